The molecule has 1 amide bonds. The minimum Gasteiger partial charge on any atom is -0.323 e. The van der Waals surface area contributed by atoms with E-state index in [0.29, 0.717) is 22.5 Å². The number of carbonyl (C=O) groups excluding carboxylic acids is 1. The van der Waals surface area contributed by atoms with Gasteiger partial charge in [0.2, 0.25) is 15.9 Å². The molecule has 164 valence electrons. The highest BCUT2D eigenvalue weighted by Crippen LogP contribution is 2.49. The lowest BCUT2D eigenvalue weighted by Crippen LogP contribution is -2.40. The number of amides is 1. The molecule has 0 radical (unpaired) electrons. The van der Waals surface area contributed by atoms with E-state index >= 15 is 0 Å². The van der Waals surface area contributed by atoms with E-state index in [2.05, 4.69) is 10.0 Å². The molecule has 31 heavy (non-hydrogen) atoms. The van der Waals surface area contributed by atoms with Gasteiger partial charge in [0.25, 0.3) is 0 Å². The van der Waals surface area contributed by atoms with E-state index in [1.54, 1.807) is 30.3 Å². The van der Waals surface area contributed by atoms with Crippen molar-refractivity contribution < 1.29 is 13.2 Å². The molecule has 2 aliphatic rings. The molecule has 2 fully saturated rings. The van der Waals surface area contributed by atoms with E-state index in [9.17, 15) is 13.2 Å². The van der Waals surface area contributed by atoms with Gasteiger partial charge < -0.3 is 5.32 Å². The molecule has 0 unspecified atom stereocenters. The van der Waals surface area contributed by atoms with Crippen LogP contribution in [-0.2, 0) is 14.8 Å². The number of benzene rings is 2. The minimum absolute atomic E-state index is 0.0716. The maximum Gasteiger partial charge on any atom is 0.248 e. The second-order valence-corrected chi connectivity index (χ2v) is 10.8. The van der Waals surface area contributed by atoms with E-state index in [1.807, 2.05) is 19.1 Å². The summed E-state index contributed by atoms with van der Waals surface area (Å²) in [6.45, 7) is 1.98. The lowest BCUT2D eigenvalue weighted by Gasteiger charge is -2.28. The van der Waals surface area contributed by atoms with Crippen LogP contribution in [0.1, 0.15) is 38.2 Å². The van der Waals surface area contributed by atoms with E-state index in [0.717, 1.165) is 17.9 Å². The zero-order valence-corrected chi connectivity index (χ0v) is 19.0. The van der Waals surface area contributed by atoms with Gasteiger partial charge in [-0.3, -0.25) is 4.79 Å². The largest absolute Gasteiger partial charge is 0.323 e. The van der Waals surface area contributed by atoms with E-state index < -0.39 is 10.0 Å². The topological polar surface area (TPSA) is 75.3 Å². The van der Waals surface area contributed by atoms with Crippen LogP contribution >= 0.6 is 11.6 Å². The molecule has 2 aliphatic carbocycles. The number of fused-ring (bicyclic) bond motifs is 2. The fourth-order valence-electron chi connectivity index (χ4n) is 4.95. The predicted octanol–water partition coefficient (Wildman–Crippen LogP) is 5.09. The lowest BCUT2D eigenvalue weighted by molar-refractivity contribution is -0.111. The molecule has 7 heteroatoms. The number of carbonyl (C=O) groups is 1. The monoisotopic (exact) mass is 458 g/mol. The third-order valence-corrected chi connectivity index (χ3v) is 8.33. The smallest absolute Gasteiger partial charge is 0.248 e. The summed E-state index contributed by atoms with van der Waals surface area (Å²) in [7, 11) is -3.60. The molecule has 0 aliphatic heterocycles. The predicted molar refractivity (Wildman–Crippen MR) is 124 cm³/mol. The van der Waals surface area contributed by atoms with Crippen LogP contribution in [0.3, 0.4) is 0 Å². The van der Waals surface area contributed by atoms with Gasteiger partial charge in [0.1, 0.15) is 0 Å². The summed E-state index contributed by atoms with van der Waals surface area (Å²) in [6, 6.07) is 13.3. The van der Waals surface area contributed by atoms with Gasteiger partial charge in [0.05, 0.1) is 4.90 Å². The Morgan fingerprint density at radius 2 is 1.77 bits per heavy atom. The minimum atomic E-state index is -3.60. The van der Waals surface area contributed by atoms with Crippen molar-refractivity contribution in [3.05, 3.63) is 65.2 Å². The summed E-state index contributed by atoms with van der Waals surface area (Å²) in [5.41, 5.74) is 1.39. The van der Waals surface area contributed by atoms with E-state index in [1.165, 1.54) is 37.5 Å². The Kier molecular flexibility index (Phi) is 6.51. The first-order valence-corrected chi connectivity index (χ1v) is 12.5. The quantitative estimate of drug-likeness (QED) is 0.567. The van der Waals surface area contributed by atoms with Gasteiger partial charge in [-0.15, -0.1) is 0 Å². The molecule has 0 aromatic heterocycles. The van der Waals surface area contributed by atoms with Gasteiger partial charge in [-0.25, -0.2) is 13.1 Å². The van der Waals surface area contributed by atoms with Crippen molar-refractivity contribution in [3.63, 3.8) is 0 Å². The summed E-state index contributed by atoms with van der Waals surface area (Å²) in [6.07, 6.45) is 8.00. The molecule has 5 nitrogen and oxygen atoms in total. The number of hydrogen-bond donors (Lipinski definition) is 2. The normalized spacial score (nSPS) is 23.9. The summed E-state index contributed by atoms with van der Waals surface area (Å²) in [5, 5.41) is 3.37. The second-order valence-electron chi connectivity index (χ2n) is 8.65. The summed E-state index contributed by atoms with van der Waals surface area (Å²) < 4.78 is 28.5. The third kappa shape index (κ3) is 5.37. The lowest BCUT2D eigenvalue weighted by atomic mass is 9.84. The van der Waals surface area contributed by atoms with Gasteiger partial charge in [-0.1, -0.05) is 30.2 Å². The Hall–Kier alpha value is -2.15. The van der Waals surface area contributed by atoms with Gasteiger partial charge in [0, 0.05) is 22.8 Å². The molecule has 2 saturated carbocycles. The summed E-state index contributed by atoms with van der Waals surface area (Å²) in [4.78, 5) is 12.3. The van der Waals surface area contributed by atoms with Crippen molar-refractivity contribution in [1.82, 2.24) is 4.72 Å². The van der Waals surface area contributed by atoms with Crippen molar-refractivity contribution >= 4 is 39.3 Å². The van der Waals surface area contributed by atoms with Crippen LogP contribution in [0.25, 0.3) is 6.08 Å². The zero-order chi connectivity index (χ0) is 22.0. The number of rotatable bonds is 7. The molecular weight excluding hydrogens is 432 g/mol. The molecule has 2 bridgehead atoms. The number of sulfonamides is 1. The summed E-state index contributed by atoms with van der Waals surface area (Å²) in [5.74, 6) is 1.56. The van der Waals surface area contributed by atoms with Crippen LogP contribution in [-0.4, -0.2) is 20.4 Å². The maximum atomic E-state index is 12.8. The summed E-state index contributed by atoms with van der Waals surface area (Å²) >= 11 is 5.85. The molecule has 4 atom stereocenters. The highest BCUT2D eigenvalue weighted by molar-refractivity contribution is 7.89. The highest BCUT2D eigenvalue weighted by atomic mass is 35.5. The molecule has 0 heterocycles. The van der Waals surface area contributed by atoms with Gasteiger partial charge >= 0.3 is 0 Å². The van der Waals surface area contributed by atoms with Crippen molar-refractivity contribution in [3.8, 4) is 0 Å². The molecule has 2 aromatic carbocycles. The SMILES string of the molecule is C[C@H](NS(=O)(=O)c1ccc(NC(=O)/C=C/c2ccc(Cl)cc2)cc1)[C@H]1C[C@H]2CC[C@H]1C2. The van der Waals surface area contributed by atoms with Crippen LogP contribution in [0, 0.1) is 17.8 Å². The molecule has 2 N–H and O–H groups in total. The second kappa shape index (κ2) is 9.15. The van der Waals surface area contributed by atoms with E-state index in [-0.39, 0.29) is 16.8 Å². The first-order chi connectivity index (χ1) is 14.8. The van der Waals surface area contributed by atoms with Crippen LogP contribution in [0.4, 0.5) is 5.69 Å². The first kappa shape index (κ1) is 22.1. The van der Waals surface area contributed by atoms with Gasteiger partial charge in [0.15, 0.2) is 0 Å². The standard InChI is InChI=1S/C24H27ClN2O3S/c1-16(23-15-18-2-6-19(23)14-18)27-31(29,30)22-11-9-21(10-12-22)26-24(28)13-5-17-3-7-20(25)8-4-17/h3-5,7-13,16,18-19,23,27H,2,6,14-15H2,1H3,(H,26,28)/b13-5+/t16-,18-,19-,23+/m0/s1. The Morgan fingerprint density at radius 3 is 2.39 bits per heavy atom. The highest BCUT2D eigenvalue weighted by Gasteiger charge is 2.42. The molecule has 2 aromatic rings. The Balaban J connectivity index is 1.34. The number of anilines is 1. The Bertz CT molecular complexity index is 1070. The van der Waals surface area contributed by atoms with Gasteiger partial charge in [-0.2, -0.15) is 0 Å². The molecule has 0 saturated heterocycles. The maximum absolute atomic E-state index is 12.8. The average molecular weight is 459 g/mol. The van der Waals surface area contributed by atoms with Crippen LogP contribution in [0.5, 0.6) is 0 Å². The Labute approximate surface area is 188 Å². The Morgan fingerprint density at radius 1 is 1.06 bits per heavy atom. The number of hydrogen-bond acceptors (Lipinski definition) is 3. The fourth-order valence-corrected chi connectivity index (χ4v) is 6.37. The first-order valence-electron chi connectivity index (χ1n) is 10.7. The van der Waals surface area contributed by atoms with E-state index in [4.69, 9.17) is 11.6 Å². The van der Waals surface area contributed by atoms with Crippen molar-refractivity contribution in [1.29, 1.82) is 0 Å². The number of halogens is 1. The van der Waals surface area contributed by atoms with Crippen LogP contribution in [0.2, 0.25) is 5.02 Å². The molecule has 4 rings (SSSR count). The molecule has 0 spiro atoms. The zero-order valence-electron chi connectivity index (χ0n) is 17.4. The van der Waals surface area contributed by atoms with Crippen molar-refractivity contribution in [2.75, 3.05) is 5.32 Å². The van der Waals surface area contributed by atoms with Crippen LogP contribution in [0.15, 0.2) is 59.5 Å². The van der Waals surface area contributed by atoms with Crippen molar-refractivity contribution in [2.45, 2.75) is 43.5 Å². The average Bonchev–Trinajstić information content (AvgIpc) is 3.37. The number of nitrogens with one attached hydrogen (secondary N) is 2. The third-order valence-electron chi connectivity index (χ3n) is 6.51. The van der Waals surface area contributed by atoms with Crippen molar-refractivity contribution in [2.24, 2.45) is 17.8 Å². The fraction of sp³-hybridized carbons (Fsp3) is 0.375. The van der Waals surface area contributed by atoms with Crippen LogP contribution < -0.4 is 10.0 Å². The van der Waals surface area contributed by atoms with Gasteiger partial charge in [-0.05, 0) is 92.0 Å². The molecular formula is C24H27ClN2O3S.